The molecule has 0 aliphatic heterocycles. The number of unbranched alkanes of at least 4 members (excludes halogenated alkanes) is 3. The molecule has 10 heteroatoms. The number of alkyl halides is 3. The van der Waals surface area contributed by atoms with Crippen molar-refractivity contribution in [3.63, 3.8) is 0 Å². The molecule has 3 rings (SSSR count). The molecule has 2 aromatic heterocycles. The van der Waals surface area contributed by atoms with E-state index in [0.29, 0.717) is 73.9 Å². The fraction of sp³-hybridized carbons (Fsp3) is 0.538. The zero-order valence-corrected chi connectivity index (χ0v) is 20.9. The maximum Gasteiger partial charge on any atom is 0.417 e. The molecule has 0 radical (unpaired) electrons. The zero-order chi connectivity index (χ0) is 26.5. The Hall–Kier alpha value is -3.17. The van der Waals surface area contributed by atoms with Gasteiger partial charge in [0.15, 0.2) is 0 Å². The first-order chi connectivity index (χ1) is 17.1. The molecule has 0 saturated carbocycles. The van der Waals surface area contributed by atoms with Crippen molar-refractivity contribution in [3.8, 4) is 11.6 Å². The molecule has 0 aliphatic rings. The van der Waals surface area contributed by atoms with Gasteiger partial charge in [0.05, 0.1) is 17.9 Å². The molecule has 0 aliphatic carbocycles. The minimum Gasteiger partial charge on any atom is -0.493 e. The highest BCUT2D eigenvalue weighted by Crippen LogP contribution is 2.40. The lowest BCUT2D eigenvalue weighted by molar-refractivity contribution is -0.136. The second kappa shape index (κ2) is 11.7. The van der Waals surface area contributed by atoms with Gasteiger partial charge in [-0.05, 0) is 44.2 Å². The number of nitrogens with zero attached hydrogens (tertiary/aromatic N) is 1. The standard InChI is InChI=1S/C26H33F3N2O5/c1-4-10-17-14-19-20(26(27,28)29)15-21(32)36-23(19)18(11-5-2)22(17)35-13-9-7-6-8-12-31-24(33)16(3)30-25(31)34/h14-15,33H,4-13H2,1-3H3,(H,30,34). The summed E-state index contributed by atoms with van der Waals surface area (Å²) in [4.78, 5) is 26.3. The van der Waals surface area contributed by atoms with E-state index >= 15 is 0 Å². The molecule has 3 aromatic rings. The molecule has 0 bridgehead atoms. The fourth-order valence-electron chi connectivity index (χ4n) is 4.44. The largest absolute Gasteiger partial charge is 0.493 e. The van der Waals surface area contributed by atoms with Gasteiger partial charge in [-0.3, -0.25) is 4.57 Å². The summed E-state index contributed by atoms with van der Waals surface area (Å²) in [5.74, 6) is 0.458. The van der Waals surface area contributed by atoms with E-state index in [0.717, 1.165) is 19.3 Å². The van der Waals surface area contributed by atoms with Crippen molar-refractivity contribution in [3.05, 3.63) is 55.4 Å². The lowest BCUT2D eigenvalue weighted by Crippen LogP contribution is -2.16. The van der Waals surface area contributed by atoms with Crippen molar-refractivity contribution in [2.45, 2.75) is 84.9 Å². The number of aryl methyl sites for hydroxylation is 3. The van der Waals surface area contributed by atoms with Crippen LogP contribution >= 0.6 is 0 Å². The van der Waals surface area contributed by atoms with Crippen LogP contribution in [0.15, 0.2) is 26.1 Å². The van der Waals surface area contributed by atoms with Crippen LogP contribution in [-0.2, 0) is 25.6 Å². The van der Waals surface area contributed by atoms with E-state index in [4.69, 9.17) is 9.15 Å². The van der Waals surface area contributed by atoms with Gasteiger partial charge in [-0.1, -0.05) is 39.5 Å². The first-order valence-electron chi connectivity index (χ1n) is 12.4. The third-order valence-corrected chi connectivity index (χ3v) is 6.14. The van der Waals surface area contributed by atoms with Gasteiger partial charge in [0, 0.05) is 23.6 Å². The minimum absolute atomic E-state index is 0.0492. The number of halogens is 3. The van der Waals surface area contributed by atoms with E-state index in [1.165, 1.54) is 10.6 Å². The fourth-order valence-corrected chi connectivity index (χ4v) is 4.44. The normalized spacial score (nSPS) is 11.9. The minimum atomic E-state index is -4.68. The Kier molecular flexibility index (Phi) is 8.92. The average molecular weight is 511 g/mol. The third-order valence-electron chi connectivity index (χ3n) is 6.14. The Morgan fingerprint density at radius 3 is 2.36 bits per heavy atom. The number of hydrogen-bond donors (Lipinski definition) is 2. The molecule has 2 N–H and O–H groups in total. The van der Waals surface area contributed by atoms with Gasteiger partial charge in [0.1, 0.15) is 11.3 Å². The summed E-state index contributed by atoms with van der Waals surface area (Å²) in [6.07, 6.45) is 0.668. The van der Waals surface area contributed by atoms with Gasteiger partial charge in [0.25, 0.3) is 0 Å². The highest BCUT2D eigenvalue weighted by molar-refractivity contribution is 5.87. The number of fused-ring (bicyclic) bond motifs is 1. The van der Waals surface area contributed by atoms with Crippen LogP contribution in [0, 0.1) is 6.92 Å². The van der Waals surface area contributed by atoms with E-state index in [1.54, 1.807) is 6.92 Å². The number of hydrogen-bond acceptors (Lipinski definition) is 5. The zero-order valence-electron chi connectivity index (χ0n) is 20.9. The van der Waals surface area contributed by atoms with Gasteiger partial charge in [-0.25, -0.2) is 9.59 Å². The third kappa shape index (κ3) is 6.14. The van der Waals surface area contributed by atoms with Crippen molar-refractivity contribution < 1.29 is 27.4 Å². The van der Waals surface area contributed by atoms with Gasteiger partial charge in [-0.15, -0.1) is 0 Å². The van der Waals surface area contributed by atoms with E-state index in [-0.39, 0.29) is 22.5 Å². The van der Waals surface area contributed by atoms with Crippen LogP contribution in [0.3, 0.4) is 0 Å². The number of aromatic amines is 1. The van der Waals surface area contributed by atoms with Crippen molar-refractivity contribution in [2.75, 3.05) is 6.61 Å². The summed E-state index contributed by atoms with van der Waals surface area (Å²) < 4.78 is 53.8. The SMILES string of the molecule is CCCc1cc2c(C(F)(F)F)cc(=O)oc2c(CCC)c1OCCCCCCn1c(O)c(C)[nH]c1=O. The van der Waals surface area contributed by atoms with Crippen LogP contribution in [0.4, 0.5) is 13.2 Å². The highest BCUT2D eigenvalue weighted by Gasteiger charge is 2.35. The Bertz CT molecular complexity index is 1300. The Balaban J connectivity index is 1.76. The smallest absolute Gasteiger partial charge is 0.417 e. The van der Waals surface area contributed by atoms with Crippen molar-refractivity contribution in [1.82, 2.24) is 9.55 Å². The second-order valence-electron chi connectivity index (χ2n) is 8.99. The molecule has 2 heterocycles. The molecular formula is C26H33F3N2O5. The maximum absolute atomic E-state index is 13.7. The van der Waals surface area contributed by atoms with Crippen LogP contribution in [0.5, 0.6) is 11.6 Å². The lowest BCUT2D eigenvalue weighted by Gasteiger charge is -2.19. The molecule has 1 aromatic carbocycles. The molecule has 36 heavy (non-hydrogen) atoms. The highest BCUT2D eigenvalue weighted by atomic mass is 19.4. The molecular weight excluding hydrogens is 477 g/mol. The predicted molar refractivity (Wildman–Crippen MR) is 131 cm³/mol. The summed E-state index contributed by atoms with van der Waals surface area (Å²) in [5.41, 5.74) is -0.810. The summed E-state index contributed by atoms with van der Waals surface area (Å²) in [7, 11) is 0. The van der Waals surface area contributed by atoms with Gasteiger partial charge < -0.3 is 19.2 Å². The first kappa shape index (κ1) is 27.4. The first-order valence-corrected chi connectivity index (χ1v) is 12.4. The topological polar surface area (TPSA) is 97.5 Å². The molecule has 0 saturated heterocycles. The van der Waals surface area contributed by atoms with Gasteiger partial charge >= 0.3 is 17.5 Å². The molecule has 198 valence electrons. The number of imidazole rings is 1. The summed E-state index contributed by atoms with van der Waals surface area (Å²) >= 11 is 0. The van der Waals surface area contributed by atoms with E-state index < -0.39 is 17.4 Å². The van der Waals surface area contributed by atoms with Crippen LogP contribution in [0.2, 0.25) is 0 Å². The monoisotopic (exact) mass is 510 g/mol. The second-order valence-corrected chi connectivity index (χ2v) is 8.99. The van der Waals surface area contributed by atoms with E-state index in [1.807, 2.05) is 13.8 Å². The molecule has 0 amide bonds. The molecule has 7 nitrogen and oxygen atoms in total. The summed E-state index contributed by atoms with van der Waals surface area (Å²) in [5, 5.41) is 9.79. The molecule has 0 atom stereocenters. The molecule has 0 unspecified atom stereocenters. The lowest BCUT2D eigenvalue weighted by atomic mass is 9.96. The number of rotatable bonds is 12. The number of nitrogens with one attached hydrogen (secondary N) is 1. The Morgan fingerprint density at radius 2 is 1.75 bits per heavy atom. The van der Waals surface area contributed by atoms with Gasteiger partial charge in [0.2, 0.25) is 5.88 Å². The van der Waals surface area contributed by atoms with Crippen molar-refractivity contribution >= 4 is 11.0 Å². The summed E-state index contributed by atoms with van der Waals surface area (Å²) in [6, 6.07) is 1.96. The van der Waals surface area contributed by atoms with Crippen LogP contribution < -0.4 is 16.1 Å². The van der Waals surface area contributed by atoms with Crippen LogP contribution in [0.1, 0.15) is 74.8 Å². The summed E-state index contributed by atoms with van der Waals surface area (Å²) in [6.45, 7) is 6.24. The quantitative estimate of drug-likeness (QED) is 0.235. The number of benzene rings is 1. The average Bonchev–Trinajstić information content (AvgIpc) is 3.05. The van der Waals surface area contributed by atoms with Crippen molar-refractivity contribution in [1.29, 1.82) is 0 Å². The number of aromatic nitrogens is 2. The number of ether oxygens (including phenoxy) is 1. The van der Waals surface area contributed by atoms with E-state index in [2.05, 4.69) is 4.98 Å². The maximum atomic E-state index is 13.7. The van der Waals surface area contributed by atoms with Crippen molar-refractivity contribution in [2.24, 2.45) is 0 Å². The van der Waals surface area contributed by atoms with Gasteiger partial charge in [-0.2, -0.15) is 13.2 Å². The molecule has 0 fully saturated rings. The number of H-pyrrole nitrogens is 1. The predicted octanol–water partition coefficient (Wildman–Crippen LogP) is 5.86. The van der Waals surface area contributed by atoms with E-state index in [9.17, 15) is 27.9 Å². The number of aromatic hydroxyl groups is 1. The Labute approximate surface area is 206 Å². The Morgan fingerprint density at radius 1 is 1.06 bits per heavy atom. The van der Waals surface area contributed by atoms with Crippen LogP contribution in [-0.4, -0.2) is 21.3 Å². The van der Waals surface area contributed by atoms with Crippen LogP contribution in [0.25, 0.3) is 11.0 Å². The molecule has 0 spiro atoms.